The van der Waals surface area contributed by atoms with Gasteiger partial charge in [0, 0.05) is 5.33 Å². The van der Waals surface area contributed by atoms with Gasteiger partial charge in [-0.25, -0.2) is 0 Å². The van der Waals surface area contributed by atoms with E-state index in [0.29, 0.717) is 10.9 Å². The van der Waals surface area contributed by atoms with Gasteiger partial charge in [-0.05, 0) is 17.0 Å². The summed E-state index contributed by atoms with van der Waals surface area (Å²) in [6.45, 7) is 3.80. The SMILES string of the molecule is CC(C)(CBr)c1cccc(C(F)(F)F)c1. The van der Waals surface area contributed by atoms with E-state index in [1.54, 1.807) is 6.07 Å². The standard InChI is InChI=1S/C11H12BrF3/c1-10(2,7-12)8-4-3-5-9(6-8)11(13,14)15/h3-6H,7H2,1-2H3. The minimum atomic E-state index is -4.27. The molecule has 1 aromatic carbocycles. The van der Waals surface area contributed by atoms with Crippen molar-refractivity contribution in [2.75, 3.05) is 5.33 Å². The Bertz CT molecular complexity index is 342. The summed E-state index contributed by atoms with van der Waals surface area (Å²) >= 11 is 3.30. The highest BCUT2D eigenvalue weighted by molar-refractivity contribution is 9.09. The zero-order valence-corrected chi connectivity index (χ0v) is 10.1. The van der Waals surface area contributed by atoms with Crippen molar-refractivity contribution >= 4 is 15.9 Å². The molecular weight excluding hydrogens is 269 g/mol. The third kappa shape index (κ3) is 2.97. The molecule has 1 rings (SSSR count). The van der Waals surface area contributed by atoms with Gasteiger partial charge >= 0.3 is 6.18 Å². The second kappa shape index (κ2) is 4.16. The first-order valence-corrected chi connectivity index (χ1v) is 5.63. The Labute approximate surface area is 95.6 Å². The molecule has 0 nitrogen and oxygen atoms in total. The summed E-state index contributed by atoms with van der Waals surface area (Å²) in [6, 6.07) is 5.47. The first-order chi connectivity index (χ1) is 6.77. The Kier molecular flexibility index (Phi) is 3.48. The average molecular weight is 281 g/mol. The minimum absolute atomic E-state index is 0.290. The van der Waals surface area contributed by atoms with Crippen molar-refractivity contribution < 1.29 is 13.2 Å². The van der Waals surface area contributed by atoms with Gasteiger partial charge in [-0.1, -0.05) is 48.0 Å². The van der Waals surface area contributed by atoms with Gasteiger partial charge in [-0.2, -0.15) is 13.2 Å². The second-order valence-corrected chi connectivity index (χ2v) is 4.66. The number of hydrogen-bond acceptors (Lipinski definition) is 0. The fourth-order valence-corrected chi connectivity index (χ4v) is 1.52. The Balaban J connectivity index is 3.14. The highest BCUT2D eigenvalue weighted by atomic mass is 79.9. The second-order valence-electron chi connectivity index (χ2n) is 4.10. The summed E-state index contributed by atoms with van der Waals surface area (Å²) in [5, 5.41) is 0.626. The third-order valence-electron chi connectivity index (χ3n) is 2.31. The lowest BCUT2D eigenvalue weighted by Crippen LogP contribution is -2.19. The monoisotopic (exact) mass is 280 g/mol. The molecule has 0 atom stereocenters. The summed E-state index contributed by atoms with van der Waals surface area (Å²) in [5.74, 6) is 0. The largest absolute Gasteiger partial charge is 0.416 e. The van der Waals surface area contributed by atoms with Gasteiger partial charge in [-0.3, -0.25) is 0 Å². The predicted octanol–water partition coefficient (Wildman–Crippen LogP) is 4.38. The number of hydrogen-bond donors (Lipinski definition) is 0. The van der Waals surface area contributed by atoms with Crippen LogP contribution in [0.3, 0.4) is 0 Å². The van der Waals surface area contributed by atoms with Crippen LogP contribution in [0.1, 0.15) is 25.0 Å². The molecule has 0 N–H and O–H groups in total. The molecule has 0 heterocycles. The maximum atomic E-state index is 12.4. The van der Waals surface area contributed by atoms with Crippen LogP contribution >= 0.6 is 15.9 Å². The van der Waals surface area contributed by atoms with Crippen LogP contribution in [0, 0.1) is 0 Å². The smallest absolute Gasteiger partial charge is 0.166 e. The average Bonchev–Trinajstić information content (AvgIpc) is 2.17. The van der Waals surface area contributed by atoms with Crippen molar-refractivity contribution in [2.45, 2.75) is 25.4 Å². The van der Waals surface area contributed by atoms with Gasteiger partial charge in [-0.15, -0.1) is 0 Å². The van der Waals surface area contributed by atoms with Crippen LogP contribution in [0.25, 0.3) is 0 Å². The highest BCUT2D eigenvalue weighted by Gasteiger charge is 2.31. The summed E-state index contributed by atoms with van der Waals surface area (Å²) in [7, 11) is 0. The van der Waals surface area contributed by atoms with Crippen LogP contribution in [0.5, 0.6) is 0 Å². The van der Waals surface area contributed by atoms with E-state index in [2.05, 4.69) is 15.9 Å². The molecule has 0 aliphatic carbocycles. The van der Waals surface area contributed by atoms with Crippen LogP contribution in [0.4, 0.5) is 13.2 Å². The van der Waals surface area contributed by atoms with Gasteiger partial charge in [0.25, 0.3) is 0 Å². The molecule has 0 spiro atoms. The molecule has 0 unspecified atom stereocenters. The first kappa shape index (κ1) is 12.6. The fraction of sp³-hybridized carbons (Fsp3) is 0.455. The highest BCUT2D eigenvalue weighted by Crippen LogP contribution is 2.33. The van der Waals surface area contributed by atoms with E-state index in [0.717, 1.165) is 6.07 Å². The van der Waals surface area contributed by atoms with E-state index in [1.165, 1.54) is 12.1 Å². The molecule has 0 bridgehead atoms. The van der Waals surface area contributed by atoms with Gasteiger partial charge in [0.1, 0.15) is 0 Å². The lowest BCUT2D eigenvalue weighted by atomic mass is 9.86. The van der Waals surface area contributed by atoms with Crippen LogP contribution in [0.15, 0.2) is 24.3 Å². The van der Waals surface area contributed by atoms with Crippen molar-refractivity contribution in [3.63, 3.8) is 0 Å². The topological polar surface area (TPSA) is 0 Å². The summed E-state index contributed by atoms with van der Waals surface area (Å²) in [6.07, 6.45) is -4.27. The normalized spacial score (nSPS) is 12.9. The van der Waals surface area contributed by atoms with E-state index >= 15 is 0 Å². The van der Waals surface area contributed by atoms with Crippen LogP contribution in [-0.2, 0) is 11.6 Å². The fourth-order valence-electron chi connectivity index (χ4n) is 1.19. The Morgan fingerprint density at radius 3 is 2.13 bits per heavy atom. The molecular formula is C11H12BrF3. The number of benzene rings is 1. The van der Waals surface area contributed by atoms with Gasteiger partial charge in [0.05, 0.1) is 5.56 Å². The van der Waals surface area contributed by atoms with E-state index in [-0.39, 0.29) is 5.41 Å². The summed E-state index contributed by atoms with van der Waals surface area (Å²) in [5.41, 5.74) is -0.190. The van der Waals surface area contributed by atoms with E-state index in [4.69, 9.17) is 0 Å². The Hall–Kier alpha value is -0.510. The Morgan fingerprint density at radius 1 is 1.13 bits per heavy atom. The molecule has 0 radical (unpaired) electrons. The number of rotatable bonds is 2. The molecule has 84 valence electrons. The first-order valence-electron chi connectivity index (χ1n) is 4.51. The van der Waals surface area contributed by atoms with Crippen molar-refractivity contribution in [1.82, 2.24) is 0 Å². The molecule has 4 heteroatoms. The maximum Gasteiger partial charge on any atom is 0.416 e. The summed E-state index contributed by atoms with van der Waals surface area (Å²) in [4.78, 5) is 0. The van der Waals surface area contributed by atoms with Crippen LogP contribution in [-0.4, -0.2) is 5.33 Å². The van der Waals surface area contributed by atoms with Gasteiger partial charge in [0.2, 0.25) is 0 Å². The van der Waals surface area contributed by atoms with Crippen LogP contribution < -0.4 is 0 Å². The van der Waals surface area contributed by atoms with Crippen molar-refractivity contribution in [1.29, 1.82) is 0 Å². The molecule has 0 saturated heterocycles. The summed E-state index contributed by atoms with van der Waals surface area (Å²) < 4.78 is 37.3. The minimum Gasteiger partial charge on any atom is -0.166 e. The van der Waals surface area contributed by atoms with Crippen molar-refractivity contribution in [2.24, 2.45) is 0 Å². The molecule has 0 aliphatic rings. The zero-order chi connectivity index (χ0) is 11.7. The molecule has 0 amide bonds. The molecule has 0 aromatic heterocycles. The molecule has 15 heavy (non-hydrogen) atoms. The molecule has 0 saturated carbocycles. The lowest BCUT2D eigenvalue weighted by Gasteiger charge is -2.23. The predicted molar refractivity (Wildman–Crippen MR) is 58.3 cm³/mol. The molecule has 0 aliphatic heterocycles. The lowest BCUT2D eigenvalue weighted by molar-refractivity contribution is -0.137. The van der Waals surface area contributed by atoms with E-state index in [1.807, 2.05) is 13.8 Å². The van der Waals surface area contributed by atoms with Crippen molar-refractivity contribution in [3.8, 4) is 0 Å². The zero-order valence-electron chi connectivity index (χ0n) is 8.53. The Morgan fingerprint density at radius 2 is 1.67 bits per heavy atom. The third-order valence-corrected chi connectivity index (χ3v) is 3.71. The van der Waals surface area contributed by atoms with Gasteiger partial charge in [0.15, 0.2) is 0 Å². The number of alkyl halides is 4. The number of halogens is 4. The quantitative estimate of drug-likeness (QED) is 0.706. The maximum absolute atomic E-state index is 12.4. The van der Waals surface area contributed by atoms with Crippen LogP contribution in [0.2, 0.25) is 0 Å². The van der Waals surface area contributed by atoms with Crippen molar-refractivity contribution in [3.05, 3.63) is 35.4 Å². The molecule has 1 aromatic rings. The van der Waals surface area contributed by atoms with E-state index < -0.39 is 11.7 Å². The molecule has 0 fully saturated rings. The van der Waals surface area contributed by atoms with Gasteiger partial charge < -0.3 is 0 Å². The van der Waals surface area contributed by atoms with E-state index in [9.17, 15) is 13.2 Å².